The molecule has 0 saturated carbocycles. The number of hydrogen-bond donors (Lipinski definition) is 1. The van der Waals surface area contributed by atoms with E-state index in [9.17, 15) is 4.79 Å². The number of carbonyl (C=O) groups is 1. The average molecular weight is 348 g/mol. The Morgan fingerprint density at radius 2 is 2.00 bits per heavy atom. The third-order valence-electron chi connectivity index (χ3n) is 5.21. The molecule has 0 aliphatic carbocycles. The fourth-order valence-corrected chi connectivity index (χ4v) is 3.72. The van der Waals surface area contributed by atoms with Crippen LogP contribution in [0.3, 0.4) is 0 Å². The predicted octanol–water partition coefficient (Wildman–Crippen LogP) is 3.36. The first-order valence-corrected chi connectivity index (χ1v) is 9.23. The van der Waals surface area contributed by atoms with Gasteiger partial charge in [-0.1, -0.05) is 30.3 Å². The lowest BCUT2D eigenvalue weighted by Crippen LogP contribution is -2.35. The van der Waals surface area contributed by atoms with Crippen molar-refractivity contribution in [1.82, 2.24) is 19.8 Å². The molecule has 1 atom stereocenters. The highest BCUT2D eigenvalue weighted by atomic mass is 16.1. The summed E-state index contributed by atoms with van der Waals surface area (Å²) in [7, 11) is 0. The minimum Gasteiger partial charge on any atom is -0.352 e. The van der Waals surface area contributed by atoms with Gasteiger partial charge in [0.15, 0.2) is 0 Å². The van der Waals surface area contributed by atoms with E-state index < -0.39 is 0 Å². The molecule has 134 valence electrons. The summed E-state index contributed by atoms with van der Waals surface area (Å²) in [6.45, 7) is 7.54. The summed E-state index contributed by atoms with van der Waals surface area (Å²) in [6.07, 6.45) is 0. The van der Waals surface area contributed by atoms with Crippen LogP contribution in [0.25, 0.3) is 11.0 Å². The molecule has 2 aromatic carbocycles. The average Bonchev–Trinajstić information content (AvgIpc) is 3.05. The van der Waals surface area contributed by atoms with Crippen molar-refractivity contribution < 1.29 is 4.79 Å². The van der Waals surface area contributed by atoms with Crippen LogP contribution < -0.4 is 5.32 Å². The quantitative estimate of drug-likeness (QED) is 0.786. The highest BCUT2D eigenvalue weighted by Gasteiger charge is 2.24. The van der Waals surface area contributed by atoms with Gasteiger partial charge < -0.3 is 9.88 Å². The summed E-state index contributed by atoms with van der Waals surface area (Å²) in [6, 6.07) is 16.8. The Morgan fingerprint density at radius 1 is 1.19 bits per heavy atom. The van der Waals surface area contributed by atoms with Crippen molar-refractivity contribution in [3.63, 3.8) is 0 Å². The van der Waals surface area contributed by atoms with Crippen molar-refractivity contribution in [3.8, 4) is 0 Å². The smallest absolute Gasteiger partial charge is 0.251 e. The molecule has 3 aromatic rings. The summed E-state index contributed by atoms with van der Waals surface area (Å²) in [4.78, 5) is 19.4. The summed E-state index contributed by atoms with van der Waals surface area (Å²) in [5.41, 5.74) is 4.01. The van der Waals surface area contributed by atoms with Crippen molar-refractivity contribution in [1.29, 1.82) is 0 Å². The van der Waals surface area contributed by atoms with Gasteiger partial charge in [-0.3, -0.25) is 9.69 Å². The molecule has 0 fully saturated rings. The monoisotopic (exact) mass is 348 g/mol. The van der Waals surface area contributed by atoms with E-state index in [-0.39, 0.29) is 5.91 Å². The SMILES string of the molecule is CCNC(=O)c1ccc2c(c1)nc1n2CCN([C@@H](C)c2ccccc2)C1. The Labute approximate surface area is 153 Å². The van der Waals surface area contributed by atoms with Gasteiger partial charge in [0.1, 0.15) is 5.82 Å². The van der Waals surface area contributed by atoms with Crippen LogP contribution in [-0.2, 0) is 13.1 Å². The molecule has 0 unspecified atom stereocenters. The summed E-state index contributed by atoms with van der Waals surface area (Å²) in [5, 5.41) is 2.85. The molecule has 5 nitrogen and oxygen atoms in total. The molecule has 1 amide bonds. The molecule has 1 aliphatic heterocycles. The number of hydrogen-bond acceptors (Lipinski definition) is 3. The second-order valence-corrected chi connectivity index (χ2v) is 6.80. The van der Waals surface area contributed by atoms with E-state index in [4.69, 9.17) is 4.98 Å². The van der Waals surface area contributed by atoms with Gasteiger partial charge in [-0.15, -0.1) is 0 Å². The second kappa shape index (κ2) is 6.92. The molecule has 1 aliphatic rings. The number of fused-ring (bicyclic) bond motifs is 3. The van der Waals surface area contributed by atoms with Crippen molar-refractivity contribution in [2.45, 2.75) is 33.0 Å². The molecular formula is C21H24N4O. The van der Waals surface area contributed by atoms with E-state index in [2.05, 4.69) is 52.0 Å². The zero-order valence-electron chi connectivity index (χ0n) is 15.3. The second-order valence-electron chi connectivity index (χ2n) is 6.80. The topological polar surface area (TPSA) is 50.2 Å². The summed E-state index contributed by atoms with van der Waals surface area (Å²) in [5.74, 6) is 1.03. The molecule has 4 rings (SSSR count). The lowest BCUT2D eigenvalue weighted by Gasteiger charge is -2.33. The number of rotatable bonds is 4. The molecule has 1 aromatic heterocycles. The molecule has 26 heavy (non-hydrogen) atoms. The van der Waals surface area contributed by atoms with E-state index in [1.165, 1.54) is 5.56 Å². The van der Waals surface area contributed by atoms with Crippen LogP contribution in [0.15, 0.2) is 48.5 Å². The van der Waals surface area contributed by atoms with Crippen molar-refractivity contribution in [2.24, 2.45) is 0 Å². The van der Waals surface area contributed by atoms with Crippen LogP contribution >= 0.6 is 0 Å². The third kappa shape index (κ3) is 2.99. The highest BCUT2D eigenvalue weighted by Crippen LogP contribution is 2.27. The maximum atomic E-state index is 12.1. The number of nitrogens with one attached hydrogen (secondary N) is 1. The largest absolute Gasteiger partial charge is 0.352 e. The van der Waals surface area contributed by atoms with Gasteiger partial charge in [0, 0.05) is 31.2 Å². The molecule has 0 spiro atoms. The minimum atomic E-state index is -0.0419. The fourth-order valence-electron chi connectivity index (χ4n) is 3.72. The summed E-state index contributed by atoms with van der Waals surface area (Å²) >= 11 is 0. The molecule has 0 radical (unpaired) electrons. The van der Waals surface area contributed by atoms with Crippen LogP contribution in [0.1, 0.15) is 41.6 Å². The van der Waals surface area contributed by atoms with Gasteiger partial charge in [-0.05, 0) is 37.6 Å². The van der Waals surface area contributed by atoms with Crippen molar-refractivity contribution in [3.05, 3.63) is 65.5 Å². The Kier molecular flexibility index (Phi) is 4.47. The standard InChI is InChI=1S/C21H24N4O/c1-3-22-21(26)17-9-10-19-18(13-17)23-20-14-24(11-12-25(19)20)15(2)16-7-5-4-6-8-16/h4-10,13,15H,3,11-12,14H2,1-2H3,(H,22,26)/t15-/m0/s1. The van der Waals surface area contributed by atoms with E-state index in [1.807, 2.05) is 25.1 Å². The zero-order valence-corrected chi connectivity index (χ0v) is 15.3. The molecule has 0 saturated heterocycles. The maximum absolute atomic E-state index is 12.1. The van der Waals surface area contributed by atoms with Crippen LogP contribution in [0.2, 0.25) is 0 Å². The normalized spacial score (nSPS) is 15.6. The van der Waals surface area contributed by atoms with E-state index in [1.54, 1.807) is 0 Å². The highest BCUT2D eigenvalue weighted by molar-refractivity contribution is 5.97. The van der Waals surface area contributed by atoms with Crippen molar-refractivity contribution >= 4 is 16.9 Å². The van der Waals surface area contributed by atoms with Gasteiger partial charge in [0.2, 0.25) is 0 Å². The lowest BCUT2D eigenvalue weighted by atomic mass is 10.1. The molecule has 2 heterocycles. The number of carbonyl (C=O) groups excluding carboxylic acids is 1. The predicted molar refractivity (Wildman–Crippen MR) is 103 cm³/mol. The van der Waals surface area contributed by atoms with Gasteiger partial charge in [0.05, 0.1) is 17.6 Å². The number of amides is 1. The van der Waals surface area contributed by atoms with Crippen molar-refractivity contribution in [2.75, 3.05) is 13.1 Å². The lowest BCUT2D eigenvalue weighted by molar-refractivity contribution is 0.0956. The first kappa shape index (κ1) is 16.8. The molecule has 0 bridgehead atoms. The number of benzene rings is 2. The van der Waals surface area contributed by atoms with Gasteiger partial charge >= 0.3 is 0 Å². The first-order valence-electron chi connectivity index (χ1n) is 9.23. The van der Waals surface area contributed by atoms with E-state index >= 15 is 0 Å². The van der Waals surface area contributed by atoms with Gasteiger partial charge in [0.25, 0.3) is 5.91 Å². The minimum absolute atomic E-state index is 0.0419. The Hall–Kier alpha value is -2.66. The van der Waals surface area contributed by atoms with Crippen LogP contribution in [0, 0.1) is 0 Å². The maximum Gasteiger partial charge on any atom is 0.251 e. The third-order valence-corrected chi connectivity index (χ3v) is 5.21. The molecular weight excluding hydrogens is 324 g/mol. The summed E-state index contributed by atoms with van der Waals surface area (Å²) < 4.78 is 2.28. The molecule has 1 N–H and O–H groups in total. The zero-order chi connectivity index (χ0) is 18.1. The Bertz CT molecular complexity index is 932. The van der Waals surface area contributed by atoms with E-state index in [0.29, 0.717) is 18.2 Å². The fraction of sp³-hybridized carbons (Fsp3) is 0.333. The number of nitrogens with zero attached hydrogens (tertiary/aromatic N) is 3. The Balaban J connectivity index is 1.61. The van der Waals surface area contributed by atoms with Gasteiger partial charge in [-0.2, -0.15) is 0 Å². The number of aromatic nitrogens is 2. The van der Waals surface area contributed by atoms with Crippen LogP contribution in [-0.4, -0.2) is 33.4 Å². The van der Waals surface area contributed by atoms with Gasteiger partial charge in [-0.25, -0.2) is 4.98 Å². The first-order chi connectivity index (χ1) is 12.7. The van der Waals surface area contributed by atoms with Crippen LogP contribution in [0.4, 0.5) is 0 Å². The van der Waals surface area contributed by atoms with E-state index in [0.717, 1.165) is 36.5 Å². The molecule has 5 heteroatoms. The number of imidazole rings is 1. The van der Waals surface area contributed by atoms with Crippen LogP contribution in [0.5, 0.6) is 0 Å². The Morgan fingerprint density at radius 3 is 2.77 bits per heavy atom.